The maximum absolute atomic E-state index is 13.8. The zero-order valence-corrected chi connectivity index (χ0v) is 19.0. The lowest BCUT2D eigenvalue weighted by molar-refractivity contribution is -0.139. The fourth-order valence-electron chi connectivity index (χ4n) is 5.01. The van der Waals surface area contributed by atoms with Crippen LogP contribution in [0.2, 0.25) is 0 Å². The molecular formula is C27H33F3N2. The summed E-state index contributed by atoms with van der Waals surface area (Å²) in [5.41, 5.74) is -0.299. The SMILES string of the molecule is CCN(CCc1ccccc1)C(C)CCC(C#N)(c1ccccc1C(F)(F)F)C1CCC1. The lowest BCUT2D eigenvalue weighted by atomic mass is 9.59. The van der Waals surface area contributed by atoms with Gasteiger partial charge in [-0.3, -0.25) is 0 Å². The molecule has 2 unspecified atom stereocenters. The molecule has 172 valence electrons. The summed E-state index contributed by atoms with van der Waals surface area (Å²) in [7, 11) is 0. The van der Waals surface area contributed by atoms with Crippen LogP contribution >= 0.6 is 0 Å². The summed E-state index contributed by atoms with van der Waals surface area (Å²) in [4.78, 5) is 2.37. The van der Waals surface area contributed by atoms with Gasteiger partial charge in [0.25, 0.3) is 0 Å². The summed E-state index contributed by atoms with van der Waals surface area (Å²) in [6.45, 7) is 6.01. The minimum Gasteiger partial charge on any atom is -0.301 e. The summed E-state index contributed by atoms with van der Waals surface area (Å²) >= 11 is 0. The van der Waals surface area contributed by atoms with Crippen molar-refractivity contribution in [1.29, 1.82) is 5.26 Å². The average Bonchev–Trinajstić information content (AvgIpc) is 2.76. The molecule has 3 rings (SSSR count). The lowest BCUT2D eigenvalue weighted by Gasteiger charge is -2.43. The quantitative estimate of drug-likeness (QED) is 0.396. The predicted molar refractivity (Wildman–Crippen MR) is 122 cm³/mol. The first-order valence-electron chi connectivity index (χ1n) is 11.7. The number of halogens is 3. The van der Waals surface area contributed by atoms with Gasteiger partial charge in [-0.05, 0) is 68.7 Å². The molecule has 1 fully saturated rings. The second-order valence-electron chi connectivity index (χ2n) is 9.01. The monoisotopic (exact) mass is 442 g/mol. The molecular weight excluding hydrogens is 409 g/mol. The smallest absolute Gasteiger partial charge is 0.301 e. The van der Waals surface area contributed by atoms with Crippen LogP contribution < -0.4 is 0 Å². The Morgan fingerprint density at radius 2 is 1.66 bits per heavy atom. The van der Waals surface area contributed by atoms with E-state index < -0.39 is 17.2 Å². The number of likely N-dealkylation sites (N-methyl/N-ethyl adjacent to an activating group) is 1. The van der Waals surface area contributed by atoms with Gasteiger partial charge < -0.3 is 4.90 Å². The molecule has 0 saturated heterocycles. The highest BCUT2D eigenvalue weighted by Crippen LogP contribution is 2.50. The Balaban J connectivity index is 1.79. The van der Waals surface area contributed by atoms with Crippen molar-refractivity contribution >= 4 is 0 Å². The van der Waals surface area contributed by atoms with E-state index in [2.05, 4.69) is 36.9 Å². The van der Waals surface area contributed by atoms with E-state index in [9.17, 15) is 18.4 Å². The zero-order valence-electron chi connectivity index (χ0n) is 19.0. The van der Waals surface area contributed by atoms with E-state index in [1.165, 1.54) is 17.7 Å². The Kier molecular flexibility index (Phi) is 8.00. The summed E-state index contributed by atoms with van der Waals surface area (Å²) in [6, 6.07) is 18.6. The first-order valence-corrected chi connectivity index (χ1v) is 11.7. The van der Waals surface area contributed by atoms with E-state index in [1.54, 1.807) is 6.07 Å². The summed E-state index contributed by atoms with van der Waals surface area (Å²) in [5, 5.41) is 10.3. The van der Waals surface area contributed by atoms with Crippen LogP contribution in [0.1, 0.15) is 62.6 Å². The fraction of sp³-hybridized carbons (Fsp3) is 0.519. The standard InChI is InChI=1S/C27H33F3N2/c1-3-32(19-17-22-10-5-4-6-11-22)21(2)16-18-26(20-31,23-12-9-13-23)24-14-7-8-15-25(24)27(28,29)30/h4-8,10-11,14-15,21,23H,3,9,12-13,16-19H2,1-2H3. The molecule has 0 N–H and O–H groups in total. The Labute approximate surface area is 190 Å². The number of hydrogen-bond acceptors (Lipinski definition) is 2. The minimum atomic E-state index is -4.46. The topological polar surface area (TPSA) is 27.0 Å². The molecule has 0 aromatic heterocycles. The molecule has 5 heteroatoms. The van der Waals surface area contributed by atoms with Crippen LogP contribution in [-0.2, 0) is 18.0 Å². The molecule has 2 aromatic rings. The van der Waals surface area contributed by atoms with E-state index in [0.29, 0.717) is 12.8 Å². The molecule has 0 aliphatic heterocycles. The Morgan fingerprint density at radius 1 is 1.03 bits per heavy atom. The molecule has 0 bridgehead atoms. The van der Waals surface area contributed by atoms with Crippen molar-refractivity contribution < 1.29 is 13.2 Å². The van der Waals surface area contributed by atoms with Gasteiger partial charge in [-0.1, -0.05) is 61.9 Å². The molecule has 32 heavy (non-hydrogen) atoms. The number of nitrogens with zero attached hydrogens (tertiary/aromatic N) is 2. The molecule has 1 aliphatic carbocycles. The summed E-state index contributed by atoms with van der Waals surface area (Å²) in [6.07, 6.45) is 0.236. The van der Waals surface area contributed by atoms with Crippen molar-refractivity contribution in [2.24, 2.45) is 5.92 Å². The Hall–Kier alpha value is -2.32. The molecule has 1 saturated carbocycles. The van der Waals surface area contributed by atoms with Gasteiger partial charge in [-0.2, -0.15) is 18.4 Å². The number of alkyl halides is 3. The van der Waals surface area contributed by atoms with Gasteiger partial charge in [-0.25, -0.2) is 0 Å². The molecule has 0 radical (unpaired) electrons. The molecule has 0 spiro atoms. The highest BCUT2D eigenvalue weighted by atomic mass is 19.4. The first kappa shape index (κ1) is 24.3. The Bertz CT molecular complexity index is 899. The van der Waals surface area contributed by atoms with Gasteiger partial charge in [0.2, 0.25) is 0 Å². The van der Waals surface area contributed by atoms with Crippen LogP contribution in [-0.4, -0.2) is 24.0 Å². The van der Waals surface area contributed by atoms with Crippen LogP contribution in [0.25, 0.3) is 0 Å². The van der Waals surface area contributed by atoms with Crippen molar-refractivity contribution in [2.75, 3.05) is 13.1 Å². The molecule has 2 nitrogen and oxygen atoms in total. The van der Waals surface area contributed by atoms with Crippen molar-refractivity contribution in [3.05, 3.63) is 71.3 Å². The van der Waals surface area contributed by atoms with E-state index in [4.69, 9.17) is 0 Å². The lowest BCUT2D eigenvalue weighted by Crippen LogP contribution is -2.42. The fourth-order valence-corrected chi connectivity index (χ4v) is 5.01. The summed E-state index contributed by atoms with van der Waals surface area (Å²) in [5.74, 6) is -0.0115. The second-order valence-corrected chi connectivity index (χ2v) is 9.01. The van der Waals surface area contributed by atoms with Gasteiger partial charge in [0.15, 0.2) is 0 Å². The van der Waals surface area contributed by atoms with Gasteiger partial charge >= 0.3 is 6.18 Å². The van der Waals surface area contributed by atoms with Crippen molar-refractivity contribution in [2.45, 2.75) is 70.0 Å². The highest BCUT2D eigenvalue weighted by molar-refractivity contribution is 5.42. The molecule has 0 amide bonds. The second kappa shape index (κ2) is 10.5. The molecule has 2 aromatic carbocycles. The Morgan fingerprint density at radius 3 is 2.19 bits per heavy atom. The number of benzene rings is 2. The molecule has 2 atom stereocenters. The minimum absolute atomic E-state index is 0.0115. The number of hydrogen-bond donors (Lipinski definition) is 0. The third-order valence-electron chi connectivity index (χ3n) is 7.23. The van der Waals surface area contributed by atoms with Crippen LogP contribution in [0.3, 0.4) is 0 Å². The largest absolute Gasteiger partial charge is 0.416 e. The van der Waals surface area contributed by atoms with Crippen LogP contribution in [0.4, 0.5) is 13.2 Å². The predicted octanol–water partition coefficient (Wildman–Crippen LogP) is 7.00. The number of rotatable bonds is 10. The maximum Gasteiger partial charge on any atom is 0.416 e. The van der Waals surface area contributed by atoms with Gasteiger partial charge in [-0.15, -0.1) is 0 Å². The van der Waals surface area contributed by atoms with Crippen molar-refractivity contribution in [3.63, 3.8) is 0 Å². The summed E-state index contributed by atoms with van der Waals surface area (Å²) < 4.78 is 41.5. The van der Waals surface area contributed by atoms with E-state index in [-0.39, 0.29) is 17.5 Å². The first-order chi connectivity index (χ1) is 15.3. The van der Waals surface area contributed by atoms with Gasteiger partial charge in [0.1, 0.15) is 0 Å². The highest BCUT2D eigenvalue weighted by Gasteiger charge is 2.48. The van der Waals surface area contributed by atoms with E-state index in [0.717, 1.165) is 44.8 Å². The van der Waals surface area contributed by atoms with Crippen LogP contribution in [0.5, 0.6) is 0 Å². The maximum atomic E-state index is 13.8. The third-order valence-corrected chi connectivity index (χ3v) is 7.23. The van der Waals surface area contributed by atoms with Crippen molar-refractivity contribution in [3.8, 4) is 6.07 Å². The normalized spacial score (nSPS) is 17.4. The zero-order chi connectivity index (χ0) is 23.2. The number of nitriles is 1. The van der Waals surface area contributed by atoms with E-state index in [1.807, 2.05) is 18.2 Å². The average molecular weight is 443 g/mol. The van der Waals surface area contributed by atoms with E-state index >= 15 is 0 Å². The van der Waals surface area contributed by atoms with Crippen LogP contribution in [0, 0.1) is 17.2 Å². The van der Waals surface area contributed by atoms with Gasteiger partial charge in [0, 0.05) is 12.6 Å². The molecule has 0 heterocycles. The van der Waals surface area contributed by atoms with Crippen LogP contribution in [0.15, 0.2) is 54.6 Å². The van der Waals surface area contributed by atoms with Crippen molar-refractivity contribution in [1.82, 2.24) is 4.90 Å². The molecule has 1 aliphatic rings. The third kappa shape index (κ3) is 5.35. The van der Waals surface area contributed by atoms with Gasteiger partial charge in [0.05, 0.1) is 17.0 Å².